The van der Waals surface area contributed by atoms with Crippen molar-refractivity contribution in [3.63, 3.8) is 0 Å². The van der Waals surface area contributed by atoms with E-state index in [0.717, 1.165) is 20.8 Å². The van der Waals surface area contributed by atoms with Crippen LogP contribution in [0.15, 0.2) is 33.4 Å². The average Bonchev–Trinajstić information content (AvgIpc) is 2.50. The van der Waals surface area contributed by atoms with Gasteiger partial charge >= 0.3 is 0 Å². The summed E-state index contributed by atoms with van der Waals surface area (Å²) in [7, 11) is 0. The molecule has 0 aliphatic heterocycles. The standard InChI is InChI=1S/C9H6Br2O/c10-5-7-4-8(11)3-6-1-2-12-9(6)7/h1-4H,5H2. The van der Waals surface area contributed by atoms with Gasteiger partial charge in [0.05, 0.1) is 6.26 Å². The van der Waals surface area contributed by atoms with Crippen LogP contribution < -0.4 is 0 Å². The lowest BCUT2D eigenvalue weighted by molar-refractivity contribution is 0.613. The Morgan fingerprint density at radius 2 is 2.17 bits per heavy atom. The van der Waals surface area contributed by atoms with E-state index in [9.17, 15) is 0 Å². The van der Waals surface area contributed by atoms with E-state index in [1.54, 1.807) is 6.26 Å². The molecule has 62 valence electrons. The first-order valence-electron chi connectivity index (χ1n) is 3.53. The highest BCUT2D eigenvalue weighted by atomic mass is 79.9. The molecule has 0 spiro atoms. The van der Waals surface area contributed by atoms with Gasteiger partial charge in [0.2, 0.25) is 0 Å². The number of rotatable bonds is 1. The third kappa shape index (κ3) is 1.31. The average molecular weight is 290 g/mol. The van der Waals surface area contributed by atoms with Gasteiger partial charge in [-0.2, -0.15) is 0 Å². The molecular formula is C9H6Br2O. The fourth-order valence-electron chi connectivity index (χ4n) is 1.22. The first-order valence-corrected chi connectivity index (χ1v) is 5.44. The molecule has 1 aromatic carbocycles. The smallest absolute Gasteiger partial charge is 0.137 e. The molecule has 0 aliphatic rings. The largest absolute Gasteiger partial charge is 0.464 e. The van der Waals surface area contributed by atoms with Crippen molar-refractivity contribution in [1.29, 1.82) is 0 Å². The monoisotopic (exact) mass is 288 g/mol. The molecule has 0 N–H and O–H groups in total. The molecule has 0 saturated heterocycles. The van der Waals surface area contributed by atoms with Gasteiger partial charge in [0.1, 0.15) is 5.58 Å². The highest BCUT2D eigenvalue weighted by molar-refractivity contribution is 9.10. The summed E-state index contributed by atoms with van der Waals surface area (Å²) in [4.78, 5) is 0. The predicted molar refractivity (Wildman–Crippen MR) is 56.5 cm³/mol. The number of hydrogen-bond acceptors (Lipinski definition) is 1. The van der Waals surface area contributed by atoms with Gasteiger partial charge in [-0.25, -0.2) is 0 Å². The summed E-state index contributed by atoms with van der Waals surface area (Å²) in [6, 6.07) is 6.07. The Hall–Kier alpha value is -0.280. The van der Waals surface area contributed by atoms with Crippen LogP contribution in [0, 0.1) is 0 Å². The van der Waals surface area contributed by atoms with E-state index in [1.807, 2.05) is 12.1 Å². The number of alkyl halides is 1. The molecule has 0 saturated carbocycles. The number of furan rings is 1. The van der Waals surface area contributed by atoms with Gasteiger partial charge in [-0.1, -0.05) is 31.9 Å². The maximum absolute atomic E-state index is 5.34. The zero-order valence-corrected chi connectivity index (χ0v) is 9.35. The minimum absolute atomic E-state index is 0.816. The molecule has 1 heterocycles. The van der Waals surface area contributed by atoms with Crippen LogP contribution in [-0.2, 0) is 5.33 Å². The summed E-state index contributed by atoms with van der Waals surface area (Å²) >= 11 is 6.86. The molecule has 2 aromatic rings. The van der Waals surface area contributed by atoms with Gasteiger partial charge in [-0.05, 0) is 18.2 Å². The van der Waals surface area contributed by atoms with Crippen molar-refractivity contribution in [3.05, 3.63) is 34.5 Å². The maximum Gasteiger partial charge on any atom is 0.137 e. The lowest BCUT2D eigenvalue weighted by atomic mass is 10.2. The van der Waals surface area contributed by atoms with Crippen LogP contribution in [0.3, 0.4) is 0 Å². The normalized spacial score (nSPS) is 10.8. The minimum Gasteiger partial charge on any atom is -0.464 e. The second kappa shape index (κ2) is 3.23. The molecule has 0 radical (unpaired) electrons. The van der Waals surface area contributed by atoms with Gasteiger partial charge in [-0.3, -0.25) is 0 Å². The molecule has 0 unspecified atom stereocenters. The first-order chi connectivity index (χ1) is 5.81. The summed E-state index contributed by atoms with van der Waals surface area (Å²) in [5, 5.41) is 1.95. The molecule has 1 nitrogen and oxygen atoms in total. The number of halogens is 2. The zero-order chi connectivity index (χ0) is 8.55. The van der Waals surface area contributed by atoms with Crippen LogP contribution >= 0.6 is 31.9 Å². The van der Waals surface area contributed by atoms with Crippen molar-refractivity contribution in [2.24, 2.45) is 0 Å². The molecule has 0 atom stereocenters. The molecule has 0 bridgehead atoms. The SMILES string of the molecule is BrCc1cc(Br)cc2ccoc12. The lowest BCUT2D eigenvalue weighted by Gasteiger charge is -1.97. The number of hydrogen-bond donors (Lipinski definition) is 0. The van der Waals surface area contributed by atoms with Crippen LogP contribution in [0.4, 0.5) is 0 Å². The summed E-state index contributed by atoms with van der Waals surface area (Å²) in [6.07, 6.45) is 1.71. The minimum atomic E-state index is 0.816. The van der Waals surface area contributed by atoms with Gasteiger partial charge in [0.15, 0.2) is 0 Å². The predicted octanol–water partition coefficient (Wildman–Crippen LogP) is 4.09. The summed E-state index contributed by atoms with van der Waals surface area (Å²) < 4.78 is 6.43. The quantitative estimate of drug-likeness (QED) is 0.721. The summed E-state index contributed by atoms with van der Waals surface area (Å²) in [6.45, 7) is 0. The van der Waals surface area contributed by atoms with E-state index in [0.29, 0.717) is 0 Å². The van der Waals surface area contributed by atoms with Crippen LogP contribution in [0.5, 0.6) is 0 Å². The van der Waals surface area contributed by atoms with Gasteiger partial charge < -0.3 is 4.42 Å². The zero-order valence-electron chi connectivity index (χ0n) is 6.18. The highest BCUT2D eigenvalue weighted by Gasteiger charge is 2.04. The van der Waals surface area contributed by atoms with E-state index in [1.165, 1.54) is 5.56 Å². The van der Waals surface area contributed by atoms with Crippen LogP contribution in [-0.4, -0.2) is 0 Å². The third-order valence-electron chi connectivity index (χ3n) is 1.74. The topological polar surface area (TPSA) is 13.1 Å². The Kier molecular flexibility index (Phi) is 2.24. The molecule has 0 amide bonds. The van der Waals surface area contributed by atoms with E-state index >= 15 is 0 Å². The molecule has 3 heteroatoms. The molecule has 2 rings (SSSR count). The van der Waals surface area contributed by atoms with E-state index in [-0.39, 0.29) is 0 Å². The lowest BCUT2D eigenvalue weighted by Crippen LogP contribution is -1.78. The molecule has 0 aliphatic carbocycles. The Morgan fingerprint density at radius 3 is 2.92 bits per heavy atom. The van der Waals surface area contributed by atoms with Crippen molar-refractivity contribution in [3.8, 4) is 0 Å². The molecule has 1 aromatic heterocycles. The second-order valence-electron chi connectivity index (χ2n) is 2.54. The Labute approximate surface area is 87.0 Å². The Morgan fingerprint density at radius 1 is 1.33 bits per heavy atom. The van der Waals surface area contributed by atoms with Gasteiger partial charge in [0.25, 0.3) is 0 Å². The van der Waals surface area contributed by atoms with E-state index in [2.05, 4.69) is 37.9 Å². The first kappa shape index (κ1) is 8.32. The summed E-state index contributed by atoms with van der Waals surface area (Å²) in [5.74, 6) is 0. The van der Waals surface area contributed by atoms with Gasteiger partial charge in [0, 0.05) is 20.8 Å². The molecule has 0 fully saturated rings. The van der Waals surface area contributed by atoms with Crippen molar-refractivity contribution in [1.82, 2.24) is 0 Å². The van der Waals surface area contributed by atoms with Gasteiger partial charge in [-0.15, -0.1) is 0 Å². The van der Waals surface area contributed by atoms with E-state index < -0.39 is 0 Å². The van der Waals surface area contributed by atoms with Crippen LogP contribution in [0.25, 0.3) is 11.0 Å². The fraction of sp³-hybridized carbons (Fsp3) is 0.111. The van der Waals surface area contributed by atoms with E-state index in [4.69, 9.17) is 4.42 Å². The Bertz CT molecular complexity index is 406. The van der Waals surface area contributed by atoms with Crippen molar-refractivity contribution >= 4 is 42.8 Å². The highest BCUT2D eigenvalue weighted by Crippen LogP contribution is 2.26. The maximum atomic E-state index is 5.34. The van der Waals surface area contributed by atoms with Crippen LogP contribution in [0.1, 0.15) is 5.56 Å². The molecular weight excluding hydrogens is 284 g/mol. The second-order valence-corrected chi connectivity index (χ2v) is 4.01. The Balaban J connectivity index is 2.80. The summed E-state index contributed by atoms with van der Waals surface area (Å²) in [5.41, 5.74) is 2.14. The fourth-order valence-corrected chi connectivity index (χ4v) is 2.15. The molecule has 12 heavy (non-hydrogen) atoms. The number of fused-ring (bicyclic) bond motifs is 1. The third-order valence-corrected chi connectivity index (χ3v) is 2.80. The van der Waals surface area contributed by atoms with Crippen molar-refractivity contribution in [2.45, 2.75) is 5.33 Å². The van der Waals surface area contributed by atoms with Crippen molar-refractivity contribution in [2.75, 3.05) is 0 Å². The van der Waals surface area contributed by atoms with Crippen LogP contribution in [0.2, 0.25) is 0 Å². The van der Waals surface area contributed by atoms with Crippen molar-refractivity contribution < 1.29 is 4.42 Å². The number of benzene rings is 1.